The molecule has 1 amide bonds. The minimum atomic E-state index is -0.932. The lowest BCUT2D eigenvalue weighted by atomic mass is 9.94. The molecule has 0 unspecified atom stereocenters. The Morgan fingerprint density at radius 1 is 1.09 bits per heavy atom. The number of ketones is 1. The zero-order valence-corrected chi connectivity index (χ0v) is 19.0. The molecule has 1 aromatic heterocycles. The Labute approximate surface area is 201 Å². The van der Waals surface area contributed by atoms with Gasteiger partial charge in [0.05, 0.1) is 11.6 Å². The molecule has 3 aromatic carbocycles. The van der Waals surface area contributed by atoms with Crippen molar-refractivity contribution in [1.82, 2.24) is 5.16 Å². The maximum atomic E-state index is 13.3. The summed E-state index contributed by atoms with van der Waals surface area (Å²) in [6.45, 7) is 5.65. The summed E-state index contributed by atoms with van der Waals surface area (Å²) in [7, 11) is 0. The van der Waals surface area contributed by atoms with E-state index in [2.05, 4.69) is 11.7 Å². The fraction of sp³-hybridized carbons (Fsp3) is 0.107. The number of anilines is 1. The van der Waals surface area contributed by atoms with E-state index in [1.54, 1.807) is 55.5 Å². The SMILES string of the molecule is C=CCOc1cccc([C@H]2/C(=C(\O)c3ccc4ccccc4c3)C(=O)C(=O)N2c2cc(C)on2)c1. The average Bonchev–Trinajstić information content (AvgIpc) is 3.42. The first-order valence-corrected chi connectivity index (χ1v) is 11.0. The Kier molecular flexibility index (Phi) is 5.66. The predicted octanol–water partition coefficient (Wildman–Crippen LogP) is 5.33. The second-order valence-electron chi connectivity index (χ2n) is 8.20. The van der Waals surface area contributed by atoms with Crippen LogP contribution in [0.15, 0.2) is 95.5 Å². The van der Waals surface area contributed by atoms with Crippen molar-refractivity contribution in [3.05, 3.63) is 108 Å². The van der Waals surface area contributed by atoms with Crippen LogP contribution in [0.5, 0.6) is 5.75 Å². The molecule has 7 nitrogen and oxygen atoms in total. The van der Waals surface area contributed by atoms with E-state index >= 15 is 0 Å². The molecule has 1 aliphatic rings. The number of carbonyl (C=O) groups is 2. The Morgan fingerprint density at radius 2 is 1.89 bits per heavy atom. The topological polar surface area (TPSA) is 92.9 Å². The number of aromatic nitrogens is 1. The molecule has 1 N–H and O–H groups in total. The Bertz CT molecular complexity index is 1500. The van der Waals surface area contributed by atoms with Gasteiger partial charge in [0.25, 0.3) is 5.78 Å². The van der Waals surface area contributed by atoms with E-state index in [9.17, 15) is 14.7 Å². The van der Waals surface area contributed by atoms with Crippen molar-refractivity contribution < 1.29 is 24.0 Å². The molecular weight excluding hydrogens is 444 g/mol. The van der Waals surface area contributed by atoms with Gasteiger partial charge in [-0.2, -0.15) is 0 Å². The lowest BCUT2D eigenvalue weighted by molar-refractivity contribution is -0.132. The van der Waals surface area contributed by atoms with Gasteiger partial charge in [-0.3, -0.25) is 14.5 Å². The molecule has 1 atom stereocenters. The zero-order valence-electron chi connectivity index (χ0n) is 19.0. The van der Waals surface area contributed by atoms with Crippen molar-refractivity contribution in [2.24, 2.45) is 0 Å². The van der Waals surface area contributed by atoms with Crippen molar-refractivity contribution in [3.63, 3.8) is 0 Å². The highest BCUT2D eigenvalue weighted by atomic mass is 16.5. The Morgan fingerprint density at radius 3 is 2.63 bits per heavy atom. The first-order valence-electron chi connectivity index (χ1n) is 11.0. The van der Waals surface area contributed by atoms with Crippen LogP contribution in [0.2, 0.25) is 0 Å². The molecule has 0 bridgehead atoms. The van der Waals surface area contributed by atoms with E-state index in [0.29, 0.717) is 29.2 Å². The van der Waals surface area contributed by atoms with Gasteiger partial charge in [0.15, 0.2) is 5.82 Å². The molecule has 0 spiro atoms. The highest BCUT2D eigenvalue weighted by Crippen LogP contribution is 2.42. The van der Waals surface area contributed by atoms with Crippen LogP contribution in [0.3, 0.4) is 0 Å². The summed E-state index contributed by atoms with van der Waals surface area (Å²) < 4.78 is 10.8. The van der Waals surface area contributed by atoms with E-state index in [4.69, 9.17) is 9.26 Å². The number of fused-ring (bicyclic) bond motifs is 1. The van der Waals surface area contributed by atoms with Crippen molar-refractivity contribution >= 4 is 34.0 Å². The third-order valence-corrected chi connectivity index (χ3v) is 5.87. The molecule has 4 aromatic rings. The van der Waals surface area contributed by atoms with Gasteiger partial charge >= 0.3 is 5.91 Å². The fourth-order valence-electron chi connectivity index (χ4n) is 4.27. The number of hydrogen-bond donors (Lipinski definition) is 1. The number of benzene rings is 3. The average molecular weight is 466 g/mol. The van der Waals surface area contributed by atoms with E-state index in [1.807, 2.05) is 30.3 Å². The van der Waals surface area contributed by atoms with Gasteiger partial charge in [0.2, 0.25) is 0 Å². The summed E-state index contributed by atoms with van der Waals surface area (Å²) in [4.78, 5) is 27.8. The monoisotopic (exact) mass is 466 g/mol. The molecule has 0 saturated carbocycles. The van der Waals surface area contributed by atoms with E-state index in [0.717, 1.165) is 10.8 Å². The lowest BCUT2D eigenvalue weighted by Gasteiger charge is -2.23. The predicted molar refractivity (Wildman–Crippen MR) is 132 cm³/mol. The zero-order chi connectivity index (χ0) is 24.5. The number of rotatable bonds is 6. The highest BCUT2D eigenvalue weighted by Gasteiger charge is 2.48. The van der Waals surface area contributed by atoms with Crippen molar-refractivity contribution in [2.45, 2.75) is 13.0 Å². The van der Waals surface area contributed by atoms with Gasteiger partial charge < -0.3 is 14.4 Å². The van der Waals surface area contributed by atoms with Gasteiger partial charge in [-0.1, -0.05) is 66.3 Å². The van der Waals surface area contributed by atoms with Crippen LogP contribution in [0.1, 0.15) is 22.9 Å². The third kappa shape index (κ3) is 3.97. The first-order chi connectivity index (χ1) is 17.0. The number of hydrogen-bond acceptors (Lipinski definition) is 6. The fourth-order valence-corrected chi connectivity index (χ4v) is 4.27. The summed E-state index contributed by atoms with van der Waals surface area (Å²) in [5.74, 6) is -0.668. The molecule has 35 heavy (non-hydrogen) atoms. The van der Waals surface area contributed by atoms with E-state index < -0.39 is 17.7 Å². The van der Waals surface area contributed by atoms with Crippen molar-refractivity contribution in [3.8, 4) is 5.75 Å². The van der Waals surface area contributed by atoms with Gasteiger partial charge in [-0.25, -0.2) is 0 Å². The van der Waals surface area contributed by atoms with Crippen LogP contribution < -0.4 is 9.64 Å². The molecule has 1 fully saturated rings. The van der Waals surface area contributed by atoms with Crippen LogP contribution in [0, 0.1) is 6.92 Å². The number of aliphatic hydroxyl groups is 1. The standard InChI is InChI=1S/C28H22N2O5/c1-3-13-34-22-10-6-9-20(16-22)25-24(27(32)28(33)30(25)23-14-17(2)35-29-23)26(31)21-12-11-18-7-4-5-8-19(18)15-21/h3-12,14-16,25,31H,1,13H2,2H3/b26-24+/t25-/m0/s1. The summed E-state index contributed by atoms with van der Waals surface area (Å²) in [6.07, 6.45) is 1.62. The van der Waals surface area contributed by atoms with Crippen LogP contribution in [-0.2, 0) is 9.59 Å². The Balaban J connectivity index is 1.70. The number of amides is 1. The smallest absolute Gasteiger partial charge is 0.301 e. The number of Topliss-reactive ketones (excluding diaryl/α,β-unsaturated/α-hetero) is 1. The third-order valence-electron chi connectivity index (χ3n) is 5.87. The molecule has 7 heteroatoms. The molecule has 1 saturated heterocycles. The molecule has 5 rings (SSSR count). The molecule has 2 heterocycles. The normalized spacial score (nSPS) is 17.2. The van der Waals surface area contributed by atoms with Crippen LogP contribution in [0.25, 0.3) is 16.5 Å². The maximum absolute atomic E-state index is 13.3. The van der Waals surface area contributed by atoms with Gasteiger partial charge in [0, 0.05) is 11.6 Å². The van der Waals surface area contributed by atoms with Crippen LogP contribution >= 0.6 is 0 Å². The van der Waals surface area contributed by atoms with Crippen molar-refractivity contribution in [1.29, 1.82) is 0 Å². The second kappa shape index (κ2) is 8.95. The van der Waals surface area contributed by atoms with Crippen LogP contribution in [0.4, 0.5) is 5.82 Å². The second-order valence-corrected chi connectivity index (χ2v) is 8.20. The van der Waals surface area contributed by atoms with Gasteiger partial charge in [0.1, 0.15) is 23.9 Å². The first kappa shape index (κ1) is 22.2. The minimum Gasteiger partial charge on any atom is -0.507 e. The minimum absolute atomic E-state index is 0.0354. The summed E-state index contributed by atoms with van der Waals surface area (Å²) in [6, 6.07) is 20.7. The number of carbonyl (C=O) groups excluding carboxylic acids is 2. The Hall–Kier alpha value is -4.65. The number of aryl methyl sites for hydroxylation is 1. The summed E-state index contributed by atoms with van der Waals surface area (Å²) in [5.41, 5.74) is 0.975. The number of nitrogens with zero attached hydrogens (tertiary/aromatic N) is 2. The number of aliphatic hydroxyl groups excluding tert-OH is 1. The highest BCUT2D eigenvalue weighted by molar-refractivity contribution is 6.51. The summed E-state index contributed by atoms with van der Waals surface area (Å²) in [5, 5.41) is 17.2. The van der Waals surface area contributed by atoms with E-state index in [1.165, 1.54) is 4.90 Å². The molecular formula is C28H22N2O5. The summed E-state index contributed by atoms with van der Waals surface area (Å²) >= 11 is 0. The molecule has 174 valence electrons. The van der Waals surface area contributed by atoms with Gasteiger partial charge in [-0.15, -0.1) is 0 Å². The quantitative estimate of drug-likeness (QED) is 0.179. The molecule has 0 aliphatic carbocycles. The lowest BCUT2D eigenvalue weighted by Crippen LogP contribution is -2.29. The molecule has 1 aliphatic heterocycles. The maximum Gasteiger partial charge on any atom is 0.301 e. The largest absolute Gasteiger partial charge is 0.507 e. The van der Waals surface area contributed by atoms with Crippen LogP contribution in [-0.4, -0.2) is 28.6 Å². The molecule has 0 radical (unpaired) electrons. The van der Waals surface area contributed by atoms with E-state index in [-0.39, 0.29) is 17.2 Å². The van der Waals surface area contributed by atoms with Crippen molar-refractivity contribution in [2.75, 3.05) is 11.5 Å². The van der Waals surface area contributed by atoms with Gasteiger partial charge in [-0.05, 0) is 41.5 Å². The number of ether oxygens (including phenoxy) is 1.